The van der Waals surface area contributed by atoms with E-state index in [1.807, 2.05) is 18.2 Å². The molecular formula is C15H13Cl2NO. The van der Waals surface area contributed by atoms with Crippen LogP contribution in [0.3, 0.4) is 0 Å². The van der Waals surface area contributed by atoms with Crippen molar-refractivity contribution in [1.29, 1.82) is 0 Å². The van der Waals surface area contributed by atoms with Gasteiger partial charge in [-0.2, -0.15) is 0 Å². The third-order valence-corrected chi connectivity index (χ3v) is 4.04. The molecule has 1 unspecified atom stereocenters. The second kappa shape index (κ2) is 5.04. The first-order valence-electron chi connectivity index (χ1n) is 6.12. The lowest BCUT2D eigenvalue weighted by Crippen LogP contribution is -2.13. The molecule has 0 amide bonds. The van der Waals surface area contributed by atoms with Crippen LogP contribution in [0.25, 0.3) is 0 Å². The van der Waals surface area contributed by atoms with E-state index in [4.69, 9.17) is 33.7 Å². The van der Waals surface area contributed by atoms with Crippen LogP contribution in [0, 0.1) is 0 Å². The maximum Gasteiger partial charge on any atom is 0.122 e. The monoisotopic (exact) mass is 293 g/mol. The zero-order chi connectivity index (χ0) is 13.4. The Morgan fingerprint density at radius 3 is 2.58 bits per heavy atom. The van der Waals surface area contributed by atoms with E-state index >= 15 is 0 Å². The maximum atomic E-state index is 6.30. The van der Waals surface area contributed by atoms with Gasteiger partial charge < -0.3 is 10.5 Å². The maximum absolute atomic E-state index is 6.30. The van der Waals surface area contributed by atoms with Gasteiger partial charge in [0, 0.05) is 22.0 Å². The first kappa shape index (κ1) is 12.8. The molecular weight excluding hydrogens is 281 g/mol. The molecule has 0 aromatic heterocycles. The molecule has 2 aromatic rings. The van der Waals surface area contributed by atoms with Crippen LogP contribution in [-0.4, -0.2) is 6.61 Å². The number of rotatable bonds is 2. The van der Waals surface area contributed by atoms with Gasteiger partial charge in [-0.25, -0.2) is 0 Å². The second-order valence-corrected chi connectivity index (χ2v) is 5.39. The molecule has 19 heavy (non-hydrogen) atoms. The first-order chi connectivity index (χ1) is 9.16. The van der Waals surface area contributed by atoms with Crippen LogP contribution < -0.4 is 10.5 Å². The van der Waals surface area contributed by atoms with Gasteiger partial charge in [0.15, 0.2) is 0 Å². The van der Waals surface area contributed by atoms with Crippen molar-refractivity contribution < 1.29 is 4.74 Å². The summed E-state index contributed by atoms with van der Waals surface area (Å²) in [5.74, 6) is 0.946. The number of nitrogens with two attached hydrogens (primary N) is 1. The molecule has 3 rings (SSSR count). The Morgan fingerprint density at radius 2 is 1.84 bits per heavy atom. The summed E-state index contributed by atoms with van der Waals surface area (Å²) in [4.78, 5) is 0. The molecule has 0 bridgehead atoms. The minimum atomic E-state index is -0.327. The Balaban J connectivity index is 2.02. The van der Waals surface area contributed by atoms with Crippen molar-refractivity contribution >= 4 is 23.2 Å². The Bertz CT molecular complexity index is 607. The Hall–Kier alpha value is -1.22. The topological polar surface area (TPSA) is 35.2 Å². The summed E-state index contributed by atoms with van der Waals surface area (Å²) in [6, 6.07) is 11.1. The highest BCUT2D eigenvalue weighted by Crippen LogP contribution is 2.35. The summed E-state index contributed by atoms with van der Waals surface area (Å²) in [7, 11) is 0. The van der Waals surface area contributed by atoms with E-state index in [1.54, 1.807) is 12.1 Å². The lowest BCUT2D eigenvalue weighted by Gasteiger charge is -2.16. The molecule has 0 fully saturated rings. The van der Waals surface area contributed by atoms with Gasteiger partial charge in [0.25, 0.3) is 0 Å². The Morgan fingerprint density at radius 1 is 1.11 bits per heavy atom. The summed E-state index contributed by atoms with van der Waals surface area (Å²) in [6.07, 6.45) is 0.923. The summed E-state index contributed by atoms with van der Waals surface area (Å²) in [5, 5.41) is 1.19. The summed E-state index contributed by atoms with van der Waals surface area (Å²) < 4.78 is 5.49. The highest BCUT2D eigenvalue weighted by molar-refractivity contribution is 6.36. The van der Waals surface area contributed by atoms with E-state index in [9.17, 15) is 0 Å². The minimum absolute atomic E-state index is 0.327. The van der Waals surface area contributed by atoms with Crippen molar-refractivity contribution in [1.82, 2.24) is 0 Å². The van der Waals surface area contributed by atoms with Crippen molar-refractivity contribution in [3.8, 4) is 5.75 Å². The van der Waals surface area contributed by atoms with E-state index in [-0.39, 0.29) is 6.04 Å². The first-order valence-corrected chi connectivity index (χ1v) is 6.87. The minimum Gasteiger partial charge on any atom is -0.493 e. The fourth-order valence-electron chi connectivity index (χ4n) is 2.37. The quantitative estimate of drug-likeness (QED) is 0.909. The van der Waals surface area contributed by atoms with Gasteiger partial charge in [0.1, 0.15) is 5.75 Å². The third-order valence-electron chi connectivity index (χ3n) is 3.38. The van der Waals surface area contributed by atoms with E-state index in [1.165, 1.54) is 5.56 Å². The molecule has 0 aliphatic carbocycles. The van der Waals surface area contributed by atoms with Crippen LogP contribution >= 0.6 is 23.2 Å². The molecule has 0 spiro atoms. The van der Waals surface area contributed by atoms with Crippen LogP contribution in [0.2, 0.25) is 10.0 Å². The van der Waals surface area contributed by atoms with Crippen molar-refractivity contribution in [3.05, 3.63) is 63.1 Å². The SMILES string of the molecule is NC(c1ccc2c(c1)CCO2)c1c(Cl)cccc1Cl. The molecule has 1 aliphatic rings. The molecule has 0 saturated carbocycles. The normalized spacial score (nSPS) is 14.9. The van der Waals surface area contributed by atoms with Gasteiger partial charge in [-0.05, 0) is 29.3 Å². The average Bonchev–Trinajstić information content (AvgIpc) is 2.85. The number of ether oxygens (including phenoxy) is 1. The number of hydrogen-bond acceptors (Lipinski definition) is 2. The van der Waals surface area contributed by atoms with Gasteiger partial charge in [-0.3, -0.25) is 0 Å². The van der Waals surface area contributed by atoms with Gasteiger partial charge in [-0.1, -0.05) is 41.4 Å². The molecule has 4 heteroatoms. The Labute approximate surface area is 122 Å². The van der Waals surface area contributed by atoms with E-state index in [0.717, 1.165) is 29.9 Å². The van der Waals surface area contributed by atoms with E-state index in [0.29, 0.717) is 10.0 Å². The van der Waals surface area contributed by atoms with Gasteiger partial charge in [-0.15, -0.1) is 0 Å². The van der Waals surface area contributed by atoms with Crippen LogP contribution in [0.4, 0.5) is 0 Å². The van der Waals surface area contributed by atoms with Crippen LogP contribution in [-0.2, 0) is 6.42 Å². The van der Waals surface area contributed by atoms with Crippen molar-refractivity contribution in [2.75, 3.05) is 6.61 Å². The standard InChI is InChI=1S/C15H13Cl2NO/c16-11-2-1-3-12(17)14(11)15(18)10-4-5-13-9(8-10)6-7-19-13/h1-5,8,15H,6-7,18H2. The number of hydrogen-bond donors (Lipinski definition) is 1. The number of benzene rings is 2. The number of halogens is 2. The second-order valence-electron chi connectivity index (χ2n) is 4.58. The zero-order valence-corrected chi connectivity index (χ0v) is 11.7. The predicted molar refractivity (Wildman–Crippen MR) is 78.1 cm³/mol. The molecule has 1 aliphatic heterocycles. The molecule has 2 N–H and O–H groups in total. The summed E-state index contributed by atoms with van der Waals surface area (Å²) >= 11 is 12.4. The number of fused-ring (bicyclic) bond motifs is 1. The molecule has 0 saturated heterocycles. The highest BCUT2D eigenvalue weighted by atomic mass is 35.5. The molecule has 98 valence electrons. The van der Waals surface area contributed by atoms with Crippen LogP contribution in [0.5, 0.6) is 5.75 Å². The largest absolute Gasteiger partial charge is 0.493 e. The fourth-order valence-corrected chi connectivity index (χ4v) is 3.01. The highest BCUT2D eigenvalue weighted by Gasteiger charge is 2.19. The summed E-state index contributed by atoms with van der Waals surface area (Å²) in [6.45, 7) is 0.737. The smallest absolute Gasteiger partial charge is 0.122 e. The average molecular weight is 294 g/mol. The zero-order valence-electron chi connectivity index (χ0n) is 10.2. The lowest BCUT2D eigenvalue weighted by molar-refractivity contribution is 0.357. The van der Waals surface area contributed by atoms with Crippen molar-refractivity contribution in [3.63, 3.8) is 0 Å². The van der Waals surface area contributed by atoms with Crippen LogP contribution in [0.15, 0.2) is 36.4 Å². The molecule has 2 nitrogen and oxygen atoms in total. The van der Waals surface area contributed by atoms with Gasteiger partial charge in [0.2, 0.25) is 0 Å². The lowest BCUT2D eigenvalue weighted by atomic mass is 9.97. The van der Waals surface area contributed by atoms with Crippen LogP contribution in [0.1, 0.15) is 22.7 Å². The molecule has 2 aromatic carbocycles. The summed E-state index contributed by atoms with van der Waals surface area (Å²) in [5.41, 5.74) is 9.26. The van der Waals surface area contributed by atoms with Gasteiger partial charge >= 0.3 is 0 Å². The van der Waals surface area contributed by atoms with Gasteiger partial charge in [0.05, 0.1) is 12.6 Å². The van der Waals surface area contributed by atoms with E-state index in [2.05, 4.69) is 6.07 Å². The van der Waals surface area contributed by atoms with E-state index < -0.39 is 0 Å². The third kappa shape index (κ3) is 2.32. The molecule has 0 radical (unpaired) electrons. The predicted octanol–water partition coefficient (Wildman–Crippen LogP) is 3.98. The molecule has 1 heterocycles. The van der Waals surface area contributed by atoms with Crippen molar-refractivity contribution in [2.24, 2.45) is 5.73 Å². The molecule has 1 atom stereocenters. The van der Waals surface area contributed by atoms with Crippen molar-refractivity contribution in [2.45, 2.75) is 12.5 Å². The Kier molecular flexibility index (Phi) is 3.40. The fraction of sp³-hybridized carbons (Fsp3) is 0.200.